The summed E-state index contributed by atoms with van der Waals surface area (Å²) in [6, 6.07) is 0. The van der Waals surface area contributed by atoms with Gasteiger partial charge in [-0.25, -0.2) is 0 Å². The second-order valence-electron chi connectivity index (χ2n) is 16.4. The van der Waals surface area contributed by atoms with Crippen LogP contribution in [0.5, 0.6) is 0 Å². The van der Waals surface area contributed by atoms with Gasteiger partial charge in [0.1, 0.15) is 36.8 Å². The van der Waals surface area contributed by atoms with Gasteiger partial charge in [-0.05, 0) is 38.5 Å². The second kappa shape index (κ2) is 36.1. The Morgan fingerprint density at radius 2 is 0.983 bits per heavy atom. The van der Waals surface area contributed by atoms with Gasteiger partial charge in [0, 0.05) is 12.8 Å². The zero-order valence-electron chi connectivity index (χ0n) is 36.4. The van der Waals surface area contributed by atoms with Gasteiger partial charge in [-0.1, -0.05) is 167 Å². The number of ether oxygens (including phenoxy) is 4. The topological polar surface area (TPSA) is 186 Å². The predicted octanol–water partition coefficient (Wildman–Crippen LogP) is 9.45. The molecular weight excluding hydrogens is 765 g/mol. The van der Waals surface area contributed by atoms with Crippen molar-refractivity contribution in [1.29, 1.82) is 0 Å². The van der Waals surface area contributed by atoms with Gasteiger partial charge in [0.2, 0.25) is 0 Å². The zero-order valence-corrected chi connectivity index (χ0v) is 37.2. The van der Waals surface area contributed by atoms with Gasteiger partial charge in [-0.15, -0.1) is 0 Å². The van der Waals surface area contributed by atoms with Crippen molar-refractivity contribution >= 4 is 22.1 Å². The first kappa shape index (κ1) is 54.4. The number of esters is 2. The minimum Gasteiger partial charge on any atom is -0.462 e. The Balaban J connectivity index is 2.41. The lowest BCUT2D eigenvalue weighted by atomic mass is 10.00. The number of hydrogen-bond donors (Lipinski definition) is 4. The van der Waals surface area contributed by atoms with E-state index in [1.54, 1.807) is 0 Å². The number of allylic oxidation sites excluding steroid dienone is 2. The number of hydrogen-bond acceptors (Lipinski definition) is 11. The fourth-order valence-electron chi connectivity index (χ4n) is 7.20. The van der Waals surface area contributed by atoms with E-state index in [1.807, 2.05) is 0 Å². The van der Waals surface area contributed by atoms with Crippen molar-refractivity contribution in [1.82, 2.24) is 0 Å². The zero-order chi connectivity index (χ0) is 42.7. The van der Waals surface area contributed by atoms with E-state index < -0.39 is 71.2 Å². The molecule has 0 aromatic rings. The van der Waals surface area contributed by atoms with Gasteiger partial charge in [0.25, 0.3) is 10.1 Å². The van der Waals surface area contributed by atoms with E-state index in [9.17, 15) is 37.9 Å². The highest BCUT2D eigenvalue weighted by Crippen LogP contribution is 2.24. The summed E-state index contributed by atoms with van der Waals surface area (Å²) in [5, 5.41) is 30.9. The molecule has 0 radical (unpaired) electrons. The molecule has 58 heavy (non-hydrogen) atoms. The van der Waals surface area contributed by atoms with Crippen molar-refractivity contribution in [3.63, 3.8) is 0 Å². The van der Waals surface area contributed by atoms with E-state index in [1.165, 1.54) is 109 Å². The molecule has 0 bridgehead atoms. The third-order valence-corrected chi connectivity index (χ3v) is 11.6. The average Bonchev–Trinajstić information content (AvgIpc) is 3.18. The van der Waals surface area contributed by atoms with Gasteiger partial charge in [0.15, 0.2) is 12.4 Å². The Morgan fingerprint density at radius 3 is 1.47 bits per heavy atom. The van der Waals surface area contributed by atoms with Crippen molar-refractivity contribution in [2.75, 3.05) is 19.0 Å². The molecule has 0 aliphatic carbocycles. The first-order chi connectivity index (χ1) is 28.0. The molecule has 342 valence electrons. The fraction of sp³-hybridized carbons (Fsp3) is 0.911. The van der Waals surface area contributed by atoms with Crippen LogP contribution in [0.1, 0.15) is 206 Å². The van der Waals surface area contributed by atoms with E-state index in [-0.39, 0.29) is 19.4 Å². The van der Waals surface area contributed by atoms with E-state index in [2.05, 4.69) is 26.0 Å². The molecule has 1 saturated heterocycles. The summed E-state index contributed by atoms with van der Waals surface area (Å²) < 4.78 is 54.0. The summed E-state index contributed by atoms with van der Waals surface area (Å²) >= 11 is 0. The monoisotopic (exact) mass is 849 g/mol. The Morgan fingerprint density at radius 1 is 0.569 bits per heavy atom. The van der Waals surface area contributed by atoms with E-state index in [0.29, 0.717) is 12.8 Å². The molecule has 2 unspecified atom stereocenters. The summed E-state index contributed by atoms with van der Waals surface area (Å²) in [6.07, 6.45) is 28.3. The van der Waals surface area contributed by atoms with Gasteiger partial charge in [-0.3, -0.25) is 14.1 Å². The summed E-state index contributed by atoms with van der Waals surface area (Å²) in [7, 11) is -4.60. The molecule has 0 aromatic carbocycles. The molecule has 1 heterocycles. The molecule has 4 N–H and O–H groups in total. The largest absolute Gasteiger partial charge is 0.462 e. The van der Waals surface area contributed by atoms with Crippen LogP contribution >= 0.6 is 0 Å². The first-order valence-corrected chi connectivity index (χ1v) is 24.9. The maximum absolute atomic E-state index is 12.8. The van der Waals surface area contributed by atoms with Crippen molar-refractivity contribution in [2.45, 2.75) is 243 Å². The molecule has 0 spiro atoms. The Kier molecular flexibility index (Phi) is 33.8. The molecule has 0 saturated carbocycles. The molecule has 1 aliphatic heterocycles. The Labute approximate surface area is 352 Å². The van der Waals surface area contributed by atoms with Crippen LogP contribution in [0, 0.1) is 0 Å². The highest BCUT2D eigenvalue weighted by atomic mass is 32.2. The third-order valence-electron chi connectivity index (χ3n) is 10.8. The lowest BCUT2D eigenvalue weighted by Crippen LogP contribution is -2.60. The highest BCUT2D eigenvalue weighted by Gasteiger charge is 2.46. The van der Waals surface area contributed by atoms with Crippen molar-refractivity contribution in [3.05, 3.63) is 12.2 Å². The van der Waals surface area contributed by atoms with Crippen LogP contribution in [-0.4, -0.2) is 96.0 Å². The van der Waals surface area contributed by atoms with E-state index in [4.69, 9.17) is 18.9 Å². The summed E-state index contributed by atoms with van der Waals surface area (Å²) in [6.45, 7) is 3.74. The minimum atomic E-state index is -4.60. The number of aliphatic hydroxyl groups is 3. The first-order valence-electron chi connectivity index (χ1n) is 23.2. The number of aliphatic hydroxyl groups excluding tert-OH is 3. The third kappa shape index (κ3) is 30.4. The molecular formula is C45H84O12S. The van der Waals surface area contributed by atoms with Gasteiger partial charge in [-0.2, -0.15) is 8.42 Å². The normalized spacial score (nSPS) is 20.4. The van der Waals surface area contributed by atoms with Gasteiger partial charge in [0.05, 0.1) is 6.61 Å². The molecule has 0 aromatic heterocycles. The van der Waals surface area contributed by atoms with Crippen LogP contribution in [-0.2, 0) is 38.7 Å². The van der Waals surface area contributed by atoms with Crippen LogP contribution in [0.15, 0.2) is 12.2 Å². The smallest absolute Gasteiger partial charge is 0.306 e. The summed E-state index contributed by atoms with van der Waals surface area (Å²) in [4.78, 5) is 25.4. The van der Waals surface area contributed by atoms with Crippen LogP contribution in [0.25, 0.3) is 0 Å². The van der Waals surface area contributed by atoms with Crippen LogP contribution in [0.2, 0.25) is 0 Å². The molecule has 13 heteroatoms. The van der Waals surface area contributed by atoms with Crippen LogP contribution < -0.4 is 0 Å². The standard InChI is InChI=1S/C45H84O12S/c1-3-5-7-9-11-13-15-17-18-19-20-21-22-24-26-28-30-32-34-41(47)56-38(36-55-45-44(50)43(49)42(48)39(57-45)37-58(51,52)53)35-54-40(46)33-31-29-27-25-23-16-14-12-10-8-6-4-2/h12,14,38-39,42-45,48-50H,3-11,13,15-37H2,1-2H3,(H,51,52,53)/b14-12+/t38-,39-,42-,43?,44?,45+/m1/s1. The molecule has 6 atom stereocenters. The summed E-state index contributed by atoms with van der Waals surface area (Å²) in [5.41, 5.74) is 0. The van der Waals surface area contributed by atoms with Crippen molar-refractivity contribution in [3.8, 4) is 0 Å². The van der Waals surface area contributed by atoms with Gasteiger partial charge >= 0.3 is 11.9 Å². The maximum atomic E-state index is 12.8. The number of rotatable bonds is 39. The fourth-order valence-corrected chi connectivity index (χ4v) is 7.89. The molecule has 1 aliphatic rings. The van der Waals surface area contributed by atoms with Gasteiger partial charge < -0.3 is 34.3 Å². The maximum Gasteiger partial charge on any atom is 0.306 e. The van der Waals surface area contributed by atoms with Crippen LogP contribution in [0.3, 0.4) is 0 Å². The lowest BCUT2D eigenvalue weighted by Gasteiger charge is -2.40. The second-order valence-corrected chi connectivity index (χ2v) is 17.9. The average molecular weight is 849 g/mol. The molecule has 12 nitrogen and oxygen atoms in total. The molecule has 1 fully saturated rings. The van der Waals surface area contributed by atoms with Crippen LogP contribution in [0.4, 0.5) is 0 Å². The Hall–Kier alpha value is -1.61. The molecule has 0 amide bonds. The quantitative estimate of drug-likeness (QED) is 0.0199. The summed E-state index contributed by atoms with van der Waals surface area (Å²) in [5.74, 6) is -1.98. The van der Waals surface area contributed by atoms with Crippen molar-refractivity contribution < 1.29 is 56.8 Å². The number of carbonyl (C=O) groups is 2. The van der Waals surface area contributed by atoms with E-state index in [0.717, 1.165) is 57.8 Å². The highest BCUT2D eigenvalue weighted by molar-refractivity contribution is 7.85. The number of unbranched alkanes of at least 4 members (excludes halogenated alkanes) is 25. The minimum absolute atomic E-state index is 0.168. The predicted molar refractivity (Wildman–Crippen MR) is 229 cm³/mol. The van der Waals surface area contributed by atoms with Crippen molar-refractivity contribution in [2.24, 2.45) is 0 Å². The molecule has 1 rings (SSSR count). The Bertz CT molecular complexity index is 1130. The lowest BCUT2D eigenvalue weighted by molar-refractivity contribution is -0.297. The SMILES string of the molecule is CCCCC/C=C/CCCCCCCC(=O)OC[C@H](CO[C@H]1O[C@H](CS(=O)(=O)O)[C@@H](O)C(O)C1O)OC(=O)CCCCCCCCCCCCCCCCCCCC. The number of carbonyl (C=O) groups excluding carboxylic acids is 2. The van der Waals surface area contributed by atoms with E-state index >= 15 is 0 Å².